The number of pyridine rings is 1. The van der Waals surface area contributed by atoms with Gasteiger partial charge in [-0.25, -0.2) is 4.98 Å². The highest BCUT2D eigenvalue weighted by atomic mass is 14.7. The number of fused-ring (bicyclic) bond motifs is 4. The number of aromatic nitrogens is 1. The van der Waals surface area contributed by atoms with Crippen LogP contribution < -0.4 is 0 Å². The van der Waals surface area contributed by atoms with Crippen LogP contribution in [0.5, 0.6) is 0 Å². The van der Waals surface area contributed by atoms with E-state index in [2.05, 4.69) is 55.5 Å². The lowest BCUT2D eigenvalue weighted by Gasteiger charge is -2.05. The number of hydrogen-bond acceptors (Lipinski definition) is 1. The highest BCUT2D eigenvalue weighted by Gasteiger charge is 2.19. The third-order valence-electron chi connectivity index (χ3n) is 3.78. The van der Waals surface area contributed by atoms with E-state index in [4.69, 9.17) is 4.98 Å². The molecule has 0 saturated carbocycles. The largest absolute Gasteiger partial charge is 0.247 e. The van der Waals surface area contributed by atoms with Crippen molar-refractivity contribution < 1.29 is 0 Å². The van der Waals surface area contributed by atoms with Crippen LogP contribution in [0, 0.1) is 6.92 Å². The number of hydrogen-bond donors (Lipinski definition) is 0. The Morgan fingerprint density at radius 1 is 0.944 bits per heavy atom. The van der Waals surface area contributed by atoms with Crippen molar-refractivity contribution in [3.05, 3.63) is 65.2 Å². The van der Waals surface area contributed by atoms with E-state index >= 15 is 0 Å². The standard InChI is InChI=1S/C17H13N/c1-11-5-4-7-13-10-14-9-12-6-2-3-8-15(12)17(14)18-16(11)13/h2-8,10H,9H2,1H3. The predicted octanol–water partition coefficient (Wildman–Crippen LogP) is 4.11. The summed E-state index contributed by atoms with van der Waals surface area (Å²) in [4.78, 5) is 4.90. The lowest BCUT2D eigenvalue weighted by molar-refractivity contribution is 1.25. The molecule has 1 nitrogen and oxygen atoms in total. The first-order chi connectivity index (χ1) is 8.83. The van der Waals surface area contributed by atoms with E-state index in [-0.39, 0.29) is 0 Å². The first-order valence-electron chi connectivity index (χ1n) is 6.30. The van der Waals surface area contributed by atoms with Gasteiger partial charge in [-0.05, 0) is 29.7 Å². The quantitative estimate of drug-likeness (QED) is 0.443. The number of benzene rings is 2. The lowest BCUT2D eigenvalue weighted by atomic mass is 10.1. The zero-order chi connectivity index (χ0) is 12.1. The minimum atomic E-state index is 1.02. The van der Waals surface area contributed by atoms with Gasteiger partial charge in [0.25, 0.3) is 0 Å². The van der Waals surface area contributed by atoms with Gasteiger partial charge in [0.1, 0.15) is 0 Å². The van der Waals surface area contributed by atoms with Crippen LogP contribution in [-0.4, -0.2) is 4.98 Å². The van der Waals surface area contributed by atoms with E-state index in [1.54, 1.807) is 0 Å². The lowest BCUT2D eigenvalue weighted by Crippen LogP contribution is -1.89. The van der Waals surface area contributed by atoms with Crippen LogP contribution in [0.3, 0.4) is 0 Å². The van der Waals surface area contributed by atoms with Gasteiger partial charge in [-0.1, -0.05) is 42.5 Å². The average Bonchev–Trinajstić information content (AvgIpc) is 2.75. The van der Waals surface area contributed by atoms with E-state index in [1.165, 1.54) is 33.3 Å². The summed E-state index contributed by atoms with van der Waals surface area (Å²) in [5, 5.41) is 1.25. The fraction of sp³-hybridized carbons (Fsp3) is 0.118. The molecule has 0 spiro atoms. The van der Waals surface area contributed by atoms with Crippen LogP contribution in [0.25, 0.3) is 22.2 Å². The normalized spacial score (nSPS) is 12.5. The molecule has 4 rings (SSSR count). The third-order valence-corrected chi connectivity index (χ3v) is 3.78. The van der Waals surface area contributed by atoms with Crippen molar-refractivity contribution in [2.45, 2.75) is 13.3 Å². The van der Waals surface area contributed by atoms with Crippen LogP contribution in [0.1, 0.15) is 16.7 Å². The van der Waals surface area contributed by atoms with E-state index in [0.29, 0.717) is 0 Å². The molecule has 0 atom stereocenters. The summed E-state index contributed by atoms with van der Waals surface area (Å²) >= 11 is 0. The molecule has 0 saturated heterocycles. The smallest absolute Gasteiger partial charge is 0.0748 e. The molecule has 1 aliphatic carbocycles. The van der Waals surface area contributed by atoms with Crippen molar-refractivity contribution >= 4 is 10.9 Å². The van der Waals surface area contributed by atoms with Gasteiger partial charge in [0.05, 0.1) is 11.2 Å². The van der Waals surface area contributed by atoms with Gasteiger partial charge in [-0.2, -0.15) is 0 Å². The van der Waals surface area contributed by atoms with Crippen LogP contribution in [-0.2, 0) is 6.42 Å². The van der Waals surface area contributed by atoms with Crippen molar-refractivity contribution in [2.75, 3.05) is 0 Å². The maximum absolute atomic E-state index is 4.90. The monoisotopic (exact) mass is 231 g/mol. The molecule has 0 N–H and O–H groups in total. The minimum Gasteiger partial charge on any atom is -0.247 e. The Labute approximate surface area is 106 Å². The summed E-state index contributed by atoms with van der Waals surface area (Å²) in [6.07, 6.45) is 1.02. The van der Waals surface area contributed by atoms with E-state index in [0.717, 1.165) is 11.9 Å². The second kappa shape index (κ2) is 3.42. The molecular weight excluding hydrogens is 218 g/mol. The Morgan fingerprint density at radius 3 is 2.78 bits per heavy atom. The van der Waals surface area contributed by atoms with Gasteiger partial charge in [0, 0.05) is 17.4 Å². The van der Waals surface area contributed by atoms with Crippen molar-refractivity contribution in [3.8, 4) is 11.3 Å². The van der Waals surface area contributed by atoms with Crippen molar-refractivity contribution in [3.63, 3.8) is 0 Å². The minimum absolute atomic E-state index is 1.02. The van der Waals surface area contributed by atoms with Gasteiger partial charge >= 0.3 is 0 Å². The molecular formula is C17H13N. The molecule has 0 bridgehead atoms. The van der Waals surface area contributed by atoms with Crippen LogP contribution in [0.15, 0.2) is 48.5 Å². The van der Waals surface area contributed by atoms with Crippen molar-refractivity contribution in [2.24, 2.45) is 0 Å². The Morgan fingerprint density at radius 2 is 1.83 bits per heavy atom. The Kier molecular flexibility index (Phi) is 1.87. The Hall–Kier alpha value is -2.15. The Bertz CT molecular complexity index is 772. The predicted molar refractivity (Wildman–Crippen MR) is 74.7 cm³/mol. The first kappa shape index (κ1) is 9.84. The summed E-state index contributed by atoms with van der Waals surface area (Å²) in [5.74, 6) is 0. The van der Waals surface area contributed by atoms with Crippen LogP contribution in [0.4, 0.5) is 0 Å². The van der Waals surface area contributed by atoms with Gasteiger partial charge in [-0.15, -0.1) is 0 Å². The van der Waals surface area contributed by atoms with Crippen molar-refractivity contribution in [1.82, 2.24) is 4.98 Å². The second-order valence-corrected chi connectivity index (χ2v) is 4.98. The molecule has 0 amide bonds. The van der Waals surface area contributed by atoms with Gasteiger partial charge in [0.2, 0.25) is 0 Å². The molecule has 1 aromatic heterocycles. The molecule has 1 heterocycles. The molecule has 0 unspecified atom stereocenters. The number of aryl methyl sites for hydroxylation is 1. The highest BCUT2D eigenvalue weighted by Crippen LogP contribution is 2.36. The maximum Gasteiger partial charge on any atom is 0.0748 e. The van der Waals surface area contributed by atoms with Gasteiger partial charge in [-0.3, -0.25) is 0 Å². The average molecular weight is 231 g/mol. The molecule has 18 heavy (non-hydrogen) atoms. The molecule has 2 aromatic carbocycles. The van der Waals surface area contributed by atoms with Gasteiger partial charge in [0.15, 0.2) is 0 Å². The first-order valence-corrected chi connectivity index (χ1v) is 6.30. The second-order valence-electron chi connectivity index (χ2n) is 4.98. The summed E-state index contributed by atoms with van der Waals surface area (Å²) in [7, 11) is 0. The van der Waals surface area contributed by atoms with E-state index < -0.39 is 0 Å². The SMILES string of the molecule is Cc1cccc2cc3c(nc12)-c1ccccc1C3. The fourth-order valence-corrected chi connectivity index (χ4v) is 2.87. The molecule has 1 aliphatic rings. The zero-order valence-corrected chi connectivity index (χ0v) is 10.3. The zero-order valence-electron chi connectivity index (χ0n) is 10.3. The van der Waals surface area contributed by atoms with E-state index in [1.807, 2.05) is 0 Å². The maximum atomic E-state index is 4.90. The molecule has 1 heteroatoms. The molecule has 0 fully saturated rings. The molecule has 3 aromatic rings. The van der Waals surface area contributed by atoms with E-state index in [9.17, 15) is 0 Å². The van der Waals surface area contributed by atoms with Crippen molar-refractivity contribution in [1.29, 1.82) is 0 Å². The topological polar surface area (TPSA) is 12.9 Å². The number of para-hydroxylation sites is 1. The summed E-state index contributed by atoms with van der Waals surface area (Å²) in [6.45, 7) is 2.13. The highest BCUT2D eigenvalue weighted by molar-refractivity contribution is 5.88. The summed E-state index contributed by atoms with van der Waals surface area (Å²) in [6, 6.07) is 17.3. The third kappa shape index (κ3) is 1.25. The fourth-order valence-electron chi connectivity index (χ4n) is 2.87. The number of rotatable bonds is 0. The summed E-state index contributed by atoms with van der Waals surface area (Å²) < 4.78 is 0. The Balaban J connectivity index is 2.09. The van der Waals surface area contributed by atoms with Gasteiger partial charge < -0.3 is 0 Å². The molecule has 0 radical (unpaired) electrons. The summed E-state index contributed by atoms with van der Waals surface area (Å²) in [5.41, 5.74) is 7.61. The number of nitrogens with zero attached hydrogens (tertiary/aromatic N) is 1. The van der Waals surface area contributed by atoms with Crippen LogP contribution in [0.2, 0.25) is 0 Å². The molecule has 86 valence electrons. The van der Waals surface area contributed by atoms with Crippen LogP contribution >= 0.6 is 0 Å². The molecule has 0 aliphatic heterocycles.